The number of amides is 1. The topological polar surface area (TPSA) is 81.4 Å². The smallest absolute Gasteiger partial charge is 0.253 e. The quantitative estimate of drug-likeness (QED) is 0.790. The molecule has 0 aliphatic carbocycles. The van der Waals surface area contributed by atoms with Gasteiger partial charge in [-0.3, -0.25) is 14.2 Å². The van der Waals surface area contributed by atoms with E-state index in [1.165, 1.54) is 0 Å². The number of rotatable bonds is 3. The Bertz CT molecular complexity index is 833. The highest BCUT2D eigenvalue weighted by molar-refractivity contribution is 5.94. The van der Waals surface area contributed by atoms with E-state index in [1.54, 1.807) is 41.5 Å². The van der Waals surface area contributed by atoms with Crippen molar-refractivity contribution in [2.75, 3.05) is 6.61 Å². The van der Waals surface area contributed by atoms with E-state index >= 15 is 0 Å². The van der Waals surface area contributed by atoms with Crippen molar-refractivity contribution in [1.29, 1.82) is 0 Å². The summed E-state index contributed by atoms with van der Waals surface area (Å²) < 4.78 is 7.49. The number of hydrogen-bond donors (Lipinski definition) is 1. The molecule has 3 aromatic rings. The van der Waals surface area contributed by atoms with Crippen molar-refractivity contribution in [2.24, 2.45) is 0 Å². The minimum absolute atomic E-state index is 0.0664. The summed E-state index contributed by atoms with van der Waals surface area (Å²) in [4.78, 5) is 16.6. The van der Waals surface area contributed by atoms with Crippen LogP contribution in [-0.4, -0.2) is 38.1 Å². The van der Waals surface area contributed by atoms with Gasteiger partial charge in [-0.15, -0.1) is 10.2 Å². The summed E-state index contributed by atoms with van der Waals surface area (Å²) in [6.45, 7) is 0.620. The summed E-state index contributed by atoms with van der Waals surface area (Å²) in [5.41, 5.74) is 2.25. The Labute approximate surface area is 132 Å². The molecule has 3 aromatic heterocycles. The van der Waals surface area contributed by atoms with Gasteiger partial charge in [0.1, 0.15) is 12.4 Å². The second kappa shape index (κ2) is 5.77. The number of carbonyl (C=O) groups excluding carboxylic acids is 1. The van der Waals surface area contributed by atoms with E-state index in [1.807, 2.05) is 12.1 Å². The molecular formula is C16H15N5O2. The predicted molar refractivity (Wildman–Crippen MR) is 81.8 cm³/mol. The number of ether oxygens (including phenoxy) is 1. The van der Waals surface area contributed by atoms with Crippen LogP contribution in [0.15, 0.2) is 49.2 Å². The van der Waals surface area contributed by atoms with Gasteiger partial charge >= 0.3 is 0 Å². The van der Waals surface area contributed by atoms with Crippen LogP contribution in [0.5, 0.6) is 0 Å². The van der Waals surface area contributed by atoms with Crippen molar-refractivity contribution in [3.63, 3.8) is 0 Å². The zero-order valence-corrected chi connectivity index (χ0v) is 12.3. The fraction of sp³-hybridized carbons (Fsp3) is 0.250. The second-order valence-electron chi connectivity index (χ2n) is 5.46. The Morgan fingerprint density at radius 1 is 1.35 bits per heavy atom. The maximum Gasteiger partial charge on any atom is 0.253 e. The number of nitrogens with one attached hydrogen (secondary N) is 1. The van der Waals surface area contributed by atoms with E-state index in [0.29, 0.717) is 17.8 Å². The molecule has 0 bridgehead atoms. The lowest BCUT2D eigenvalue weighted by Crippen LogP contribution is -2.36. The molecular weight excluding hydrogens is 294 g/mol. The maximum absolute atomic E-state index is 12.5. The van der Waals surface area contributed by atoms with Crippen LogP contribution in [0.2, 0.25) is 0 Å². The average molecular weight is 309 g/mol. The van der Waals surface area contributed by atoms with E-state index in [-0.39, 0.29) is 18.1 Å². The average Bonchev–Trinajstić information content (AvgIpc) is 3.23. The van der Waals surface area contributed by atoms with Crippen LogP contribution < -0.4 is 5.32 Å². The molecule has 0 saturated carbocycles. The zero-order chi connectivity index (χ0) is 15.6. The molecule has 1 fully saturated rings. The summed E-state index contributed by atoms with van der Waals surface area (Å²) in [7, 11) is 0. The van der Waals surface area contributed by atoms with Crippen LogP contribution in [0.3, 0.4) is 0 Å². The third kappa shape index (κ3) is 2.66. The standard InChI is InChI=1S/C16H15N5O2/c22-16(12-3-4-14-20-18-10-21(14)9-12)19-13-5-7-23-15(13)11-2-1-6-17-8-11/h1-4,6,8-10,13,15H,5,7H2,(H,19,22)/t13-,15+/m0/s1. The van der Waals surface area contributed by atoms with Gasteiger partial charge in [-0.05, 0) is 24.6 Å². The van der Waals surface area contributed by atoms with E-state index in [4.69, 9.17) is 4.74 Å². The lowest BCUT2D eigenvalue weighted by atomic mass is 10.0. The molecule has 4 rings (SSSR count). The van der Waals surface area contributed by atoms with E-state index in [2.05, 4.69) is 20.5 Å². The normalized spacial score (nSPS) is 20.7. The minimum atomic E-state index is -0.161. The van der Waals surface area contributed by atoms with Gasteiger partial charge in [0.25, 0.3) is 5.91 Å². The maximum atomic E-state index is 12.5. The molecule has 116 valence electrons. The molecule has 1 aliphatic heterocycles. The van der Waals surface area contributed by atoms with Gasteiger partial charge in [-0.1, -0.05) is 6.07 Å². The first-order valence-corrected chi connectivity index (χ1v) is 7.43. The van der Waals surface area contributed by atoms with Crippen molar-refractivity contribution in [3.05, 3.63) is 60.3 Å². The lowest BCUT2D eigenvalue weighted by Gasteiger charge is -2.20. The van der Waals surface area contributed by atoms with Gasteiger partial charge in [0.2, 0.25) is 0 Å². The molecule has 1 saturated heterocycles. The Morgan fingerprint density at radius 2 is 2.30 bits per heavy atom. The highest BCUT2D eigenvalue weighted by atomic mass is 16.5. The van der Waals surface area contributed by atoms with E-state index in [0.717, 1.165) is 12.0 Å². The molecule has 2 atom stereocenters. The van der Waals surface area contributed by atoms with Crippen molar-refractivity contribution < 1.29 is 9.53 Å². The molecule has 23 heavy (non-hydrogen) atoms. The number of aromatic nitrogens is 4. The molecule has 1 amide bonds. The van der Waals surface area contributed by atoms with Gasteiger partial charge in [0.15, 0.2) is 5.65 Å². The minimum Gasteiger partial charge on any atom is -0.371 e. The third-order valence-corrected chi connectivity index (χ3v) is 3.97. The summed E-state index contributed by atoms with van der Waals surface area (Å²) in [6, 6.07) is 7.28. The number of fused-ring (bicyclic) bond motifs is 1. The Kier molecular flexibility index (Phi) is 3.47. The van der Waals surface area contributed by atoms with Crippen LogP contribution >= 0.6 is 0 Å². The molecule has 4 heterocycles. The van der Waals surface area contributed by atoms with E-state index in [9.17, 15) is 4.79 Å². The number of carbonyl (C=O) groups is 1. The van der Waals surface area contributed by atoms with Gasteiger partial charge in [-0.25, -0.2) is 0 Å². The fourth-order valence-corrected chi connectivity index (χ4v) is 2.82. The van der Waals surface area contributed by atoms with Crippen LogP contribution in [0.4, 0.5) is 0 Å². The number of pyridine rings is 2. The molecule has 0 radical (unpaired) electrons. The Morgan fingerprint density at radius 3 is 3.17 bits per heavy atom. The second-order valence-corrected chi connectivity index (χ2v) is 5.46. The molecule has 1 aliphatic rings. The van der Waals surface area contributed by atoms with Gasteiger partial charge < -0.3 is 10.1 Å². The first-order chi connectivity index (χ1) is 11.3. The largest absolute Gasteiger partial charge is 0.371 e. The monoisotopic (exact) mass is 309 g/mol. The van der Waals surface area contributed by atoms with Crippen LogP contribution in [0.25, 0.3) is 5.65 Å². The zero-order valence-electron chi connectivity index (χ0n) is 12.3. The fourth-order valence-electron chi connectivity index (χ4n) is 2.82. The van der Waals surface area contributed by atoms with Crippen LogP contribution in [0, 0.1) is 0 Å². The number of nitrogens with zero attached hydrogens (tertiary/aromatic N) is 4. The van der Waals surface area contributed by atoms with Crippen molar-refractivity contribution in [3.8, 4) is 0 Å². The molecule has 0 aromatic carbocycles. The number of hydrogen-bond acceptors (Lipinski definition) is 5. The summed E-state index contributed by atoms with van der Waals surface area (Å²) in [5, 5.41) is 10.8. The van der Waals surface area contributed by atoms with Gasteiger partial charge in [0, 0.05) is 30.8 Å². The molecule has 0 spiro atoms. The molecule has 7 nitrogen and oxygen atoms in total. The Balaban J connectivity index is 1.53. The molecule has 7 heteroatoms. The van der Waals surface area contributed by atoms with Gasteiger partial charge in [-0.2, -0.15) is 0 Å². The van der Waals surface area contributed by atoms with Gasteiger partial charge in [0.05, 0.1) is 11.6 Å². The van der Waals surface area contributed by atoms with Crippen molar-refractivity contribution in [2.45, 2.75) is 18.6 Å². The van der Waals surface area contributed by atoms with Crippen molar-refractivity contribution >= 4 is 11.6 Å². The lowest BCUT2D eigenvalue weighted by molar-refractivity contribution is 0.0820. The highest BCUT2D eigenvalue weighted by Crippen LogP contribution is 2.28. The van der Waals surface area contributed by atoms with Crippen molar-refractivity contribution in [1.82, 2.24) is 24.9 Å². The van der Waals surface area contributed by atoms with Crippen LogP contribution in [-0.2, 0) is 4.74 Å². The summed E-state index contributed by atoms with van der Waals surface area (Å²) in [6.07, 6.45) is 7.41. The first kappa shape index (κ1) is 13.8. The summed E-state index contributed by atoms with van der Waals surface area (Å²) >= 11 is 0. The van der Waals surface area contributed by atoms with Crippen LogP contribution in [0.1, 0.15) is 28.4 Å². The Hall–Kier alpha value is -2.80. The first-order valence-electron chi connectivity index (χ1n) is 7.43. The highest BCUT2D eigenvalue weighted by Gasteiger charge is 2.31. The summed E-state index contributed by atoms with van der Waals surface area (Å²) in [5.74, 6) is -0.134. The third-order valence-electron chi connectivity index (χ3n) is 3.97. The SMILES string of the molecule is O=C(N[C@H]1CCO[C@@H]1c1cccnc1)c1ccc2nncn2c1. The van der Waals surface area contributed by atoms with E-state index < -0.39 is 0 Å². The predicted octanol–water partition coefficient (Wildman–Crippen LogP) is 1.38. The molecule has 0 unspecified atom stereocenters. The molecule has 1 N–H and O–H groups in total.